The van der Waals surface area contributed by atoms with E-state index in [9.17, 15) is 9.59 Å². The predicted octanol–water partition coefficient (Wildman–Crippen LogP) is 1.57. The molecule has 0 spiro atoms. The molecule has 6 heteroatoms. The van der Waals surface area contributed by atoms with Gasteiger partial charge in [-0.05, 0) is 39.0 Å². The third-order valence-corrected chi connectivity index (χ3v) is 2.51. The van der Waals surface area contributed by atoms with Gasteiger partial charge in [0.25, 0.3) is 5.91 Å². The topological polar surface area (TPSA) is 84.2 Å². The first kappa shape index (κ1) is 15.3. The van der Waals surface area contributed by atoms with Gasteiger partial charge >= 0.3 is 0 Å². The third-order valence-electron chi connectivity index (χ3n) is 2.19. The number of nitrogen functional groups attached to an aromatic ring is 1. The van der Waals surface area contributed by atoms with E-state index >= 15 is 0 Å². The molecule has 0 heterocycles. The Bertz CT molecular complexity index is 495. The van der Waals surface area contributed by atoms with Crippen molar-refractivity contribution in [2.45, 2.75) is 26.3 Å². The van der Waals surface area contributed by atoms with Crippen LogP contribution in [0.1, 0.15) is 31.1 Å². The molecule has 1 aromatic rings. The molecule has 2 amide bonds. The summed E-state index contributed by atoms with van der Waals surface area (Å²) < 4.78 is 0. The fourth-order valence-electron chi connectivity index (χ4n) is 1.39. The van der Waals surface area contributed by atoms with Gasteiger partial charge in [-0.1, -0.05) is 11.6 Å². The maximum Gasteiger partial charge on any atom is 0.251 e. The molecule has 0 saturated heterocycles. The number of hydrogen-bond acceptors (Lipinski definition) is 3. The van der Waals surface area contributed by atoms with Crippen molar-refractivity contribution >= 4 is 29.1 Å². The Balaban J connectivity index is 2.56. The monoisotopic (exact) mass is 283 g/mol. The Labute approximate surface area is 117 Å². The maximum absolute atomic E-state index is 11.8. The summed E-state index contributed by atoms with van der Waals surface area (Å²) in [6, 6.07) is 4.57. The number of amides is 2. The molecule has 4 N–H and O–H groups in total. The molecule has 1 rings (SSSR count). The Morgan fingerprint density at radius 3 is 2.47 bits per heavy atom. The Morgan fingerprint density at radius 2 is 1.95 bits per heavy atom. The van der Waals surface area contributed by atoms with Crippen molar-refractivity contribution in [2.75, 3.05) is 12.3 Å². The number of nitrogens with two attached hydrogens (primary N) is 1. The molecule has 0 aliphatic carbocycles. The largest absolute Gasteiger partial charge is 0.398 e. The van der Waals surface area contributed by atoms with Gasteiger partial charge in [0.2, 0.25) is 5.91 Å². The summed E-state index contributed by atoms with van der Waals surface area (Å²) in [4.78, 5) is 23.3. The molecule has 0 bridgehead atoms. The summed E-state index contributed by atoms with van der Waals surface area (Å²) in [5, 5.41) is 5.58. The minimum atomic E-state index is -0.369. The average Bonchev–Trinajstić information content (AvgIpc) is 2.27. The molecule has 0 fully saturated rings. The van der Waals surface area contributed by atoms with Crippen LogP contribution in [-0.4, -0.2) is 23.9 Å². The summed E-state index contributed by atoms with van der Waals surface area (Å²) >= 11 is 5.82. The molecule has 0 aromatic heterocycles. The van der Waals surface area contributed by atoms with E-state index in [1.807, 2.05) is 20.8 Å². The lowest BCUT2D eigenvalue weighted by atomic mass is 10.1. The highest BCUT2D eigenvalue weighted by Gasteiger charge is 2.15. The van der Waals surface area contributed by atoms with Crippen LogP contribution in [0.5, 0.6) is 0 Å². The molecule has 0 aliphatic heterocycles. The maximum atomic E-state index is 11.8. The minimum absolute atomic E-state index is 0.0852. The zero-order chi connectivity index (χ0) is 14.6. The van der Waals surface area contributed by atoms with Crippen LogP contribution in [0.3, 0.4) is 0 Å². The lowest BCUT2D eigenvalue weighted by Gasteiger charge is -2.20. The summed E-state index contributed by atoms with van der Waals surface area (Å²) in [5.74, 6) is -0.617. The molecule has 0 saturated carbocycles. The number of anilines is 1. The number of carbonyl (C=O) groups excluding carboxylic acids is 2. The highest BCUT2D eigenvalue weighted by molar-refractivity contribution is 6.33. The molecule has 104 valence electrons. The summed E-state index contributed by atoms with van der Waals surface area (Å²) in [6.45, 7) is 5.52. The fourth-order valence-corrected chi connectivity index (χ4v) is 1.57. The van der Waals surface area contributed by atoms with Crippen LogP contribution in [0.25, 0.3) is 0 Å². The van der Waals surface area contributed by atoms with Crippen LogP contribution < -0.4 is 16.4 Å². The van der Waals surface area contributed by atoms with Gasteiger partial charge in [-0.15, -0.1) is 0 Å². The van der Waals surface area contributed by atoms with Crippen LogP contribution in [-0.2, 0) is 4.79 Å². The molecule has 19 heavy (non-hydrogen) atoms. The Hall–Kier alpha value is -1.75. The van der Waals surface area contributed by atoms with Crippen molar-refractivity contribution in [3.8, 4) is 0 Å². The van der Waals surface area contributed by atoms with Crippen LogP contribution >= 0.6 is 11.6 Å². The van der Waals surface area contributed by atoms with Gasteiger partial charge in [-0.2, -0.15) is 0 Å². The zero-order valence-corrected chi connectivity index (χ0v) is 12.0. The van der Waals surface area contributed by atoms with E-state index < -0.39 is 0 Å². The molecule has 1 aromatic carbocycles. The molecular formula is C13H18ClN3O2. The van der Waals surface area contributed by atoms with E-state index in [1.54, 1.807) is 12.1 Å². The van der Waals surface area contributed by atoms with E-state index in [2.05, 4.69) is 10.6 Å². The zero-order valence-electron chi connectivity index (χ0n) is 11.2. The summed E-state index contributed by atoms with van der Waals surface area (Å²) in [7, 11) is 0. The van der Waals surface area contributed by atoms with Crippen molar-refractivity contribution in [3.05, 3.63) is 28.8 Å². The number of nitrogens with one attached hydrogen (secondary N) is 2. The van der Waals surface area contributed by atoms with Gasteiger partial charge in [0.05, 0.1) is 17.3 Å². The predicted molar refractivity (Wildman–Crippen MR) is 76.1 cm³/mol. The molecule has 0 unspecified atom stereocenters. The van der Waals surface area contributed by atoms with Gasteiger partial charge in [0.15, 0.2) is 0 Å². The lowest BCUT2D eigenvalue weighted by molar-refractivity contribution is -0.121. The molecular weight excluding hydrogens is 266 g/mol. The van der Waals surface area contributed by atoms with Crippen molar-refractivity contribution in [3.63, 3.8) is 0 Å². The van der Waals surface area contributed by atoms with Crippen molar-refractivity contribution in [1.29, 1.82) is 0 Å². The number of hydrogen-bond donors (Lipinski definition) is 3. The fraction of sp³-hybridized carbons (Fsp3) is 0.385. The van der Waals surface area contributed by atoms with Crippen LogP contribution in [0.15, 0.2) is 18.2 Å². The van der Waals surface area contributed by atoms with Crippen molar-refractivity contribution in [1.82, 2.24) is 10.6 Å². The molecule has 5 nitrogen and oxygen atoms in total. The van der Waals surface area contributed by atoms with Crippen LogP contribution in [0.2, 0.25) is 5.02 Å². The lowest BCUT2D eigenvalue weighted by Crippen LogP contribution is -2.45. The SMILES string of the molecule is CC(C)(C)NC(=O)CNC(=O)c1ccc(N)c(Cl)c1. The van der Waals surface area contributed by atoms with Crippen molar-refractivity contribution < 1.29 is 9.59 Å². The van der Waals surface area contributed by atoms with Gasteiger partial charge in [-0.3, -0.25) is 9.59 Å². The van der Waals surface area contributed by atoms with Gasteiger partial charge in [0, 0.05) is 11.1 Å². The second-order valence-corrected chi connectivity index (χ2v) is 5.62. The highest BCUT2D eigenvalue weighted by Crippen LogP contribution is 2.19. The van der Waals surface area contributed by atoms with E-state index in [-0.39, 0.29) is 23.9 Å². The second-order valence-electron chi connectivity index (χ2n) is 5.22. The van der Waals surface area contributed by atoms with Gasteiger partial charge in [0.1, 0.15) is 0 Å². The minimum Gasteiger partial charge on any atom is -0.398 e. The number of rotatable bonds is 3. The Morgan fingerprint density at radius 1 is 1.32 bits per heavy atom. The van der Waals surface area contributed by atoms with Crippen LogP contribution in [0, 0.1) is 0 Å². The second kappa shape index (κ2) is 5.93. The van der Waals surface area contributed by atoms with Crippen molar-refractivity contribution in [2.24, 2.45) is 0 Å². The van der Waals surface area contributed by atoms with E-state index in [0.717, 1.165) is 0 Å². The number of carbonyl (C=O) groups is 2. The van der Waals surface area contributed by atoms with E-state index in [0.29, 0.717) is 16.3 Å². The first-order chi connectivity index (χ1) is 8.69. The number of halogens is 1. The summed E-state index contributed by atoms with van der Waals surface area (Å²) in [5.41, 5.74) is 6.00. The van der Waals surface area contributed by atoms with Gasteiger partial charge in [-0.25, -0.2) is 0 Å². The quantitative estimate of drug-likeness (QED) is 0.736. The Kier molecular flexibility index (Phi) is 4.78. The van der Waals surface area contributed by atoms with E-state index in [4.69, 9.17) is 17.3 Å². The first-order valence-electron chi connectivity index (χ1n) is 5.83. The molecule has 0 atom stereocenters. The summed E-state index contributed by atoms with van der Waals surface area (Å²) in [6.07, 6.45) is 0. The molecule has 0 radical (unpaired) electrons. The highest BCUT2D eigenvalue weighted by atomic mass is 35.5. The standard InChI is InChI=1S/C13H18ClN3O2/c1-13(2,3)17-11(18)7-16-12(19)8-4-5-10(15)9(14)6-8/h4-6H,7,15H2,1-3H3,(H,16,19)(H,17,18). The normalized spacial score (nSPS) is 10.9. The van der Waals surface area contributed by atoms with E-state index in [1.165, 1.54) is 6.07 Å². The third kappa shape index (κ3) is 5.18. The van der Waals surface area contributed by atoms with Crippen LogP contribution in [0.4, 0.5) is 5.69 Å². The molecule has 0 aliphatic rings. The van der Waals surface area contributed by atoms with Gasteiger partial charge < -0.3 is 16.4 Å². The average molecular weight is 284 g/mol. The first-order valence-corrected chi connectivity index (χ1v) is 6.21. The smallest absolute Gasteiger partial charge is 0.251 e. The number of benzene rings is 1.